The van der Waals surface area contributed by atoms with E-state index >= 15 is 0 Å². The fourth-order valence-corrected chi connectivity index (χ4v) is 1.91. The molecule has 0 unspecified atom stereocenters. The zero-order valence-electron chi connectivity index (χ0n) is 9.03. The van der Waals surface area contributed by atoms with E-state index in [0.717, 1.165) is 11.8 Å². The van der Waals surface area contributed by atoms with E-state index in [2.05, 4.69) is 5.32 Å². The molecule has 0 aromatic rings. The van der Waals surface area contributed by atoms with Gasteiger partial charge in [0, 0.05) is 6.04 Å². The summed E-state index contributed by atoms with van der Waals surface area (Å²) in [6, 6.07) is 0.234. The predicted molar refractivity (Wildman–Crippen MR) is 59.9 cm³/mol. The summed E-state index contributed by atoms with van der Waals surface area (Å²) in [6.45, 7) is 3.59. The maximum Gasteiger partial charge on any atom is 0.316 e. The topological polar surface area (TPSA) is 66.4 Å². The van der Waals surface area contributed by atoms with Crippen molar-refractivity contribution in [1.29, 1.82) is 0 Å². The van der Waals surface area contributed by atoms with Crippen molar-refractivity contribution < 1.29 is 14.7 Å². The molecular formula is C10H17NO3S. The lowest BCUT2D eigenvalue weighted by Gasteiger charge is -2.13. The first-order valence-corrected chi connectivity index (χ1v) is 6.19. The summed E-state index contributed by atoms with van der Waals surface area (Å²) in [5, 5.41) is 11.0. The lowest BCUT2D eigenvalue weighted by Crippen LogP contribution is -2.35. The highest BCUT2D eigenvalue weighted by Crippen LogP contribution is 2.32. The summed E-state index contributed by atoms with van der Waals surface area (Å²) in [4.78, 5) is 21.9. The van der Waals surface area contributed by atoms with Gasteiger partial charge in [-0.05, 0) is 32.6 Å². The van der Waals surface area contributed by atoms with Crippen molar-refractivity contribution in [3.8, 4) is 0 Å². The molecule has 1 aliphatic carbocycles. The molecule has 5 heteroatoms. The Balaban J connectivity index is 2.15. The number of carbonyl (C=O) groups excluding carboxylic acids is 1. The number of nitrogens with one attached hydrogen (secondary N) is 1. The summed E-state index contributed by atoms with van der Waals surface area (Å²) in [5.41, 5.74) is 0. The normalized spacial score (nSPS) is 19.3. The van der Waals surface area contributed by atoms with Crippen molar-refractivity contribution in [2.24, 2.45) is 5.92 Å². The molecule has 2 atom stereocenters. The van der Waals surface area contributed by atoms with Crippen LogP contribution in [-0.4, -0.2) is 34.0 Å². The number of carboxylic acids is 1. The number of aliphatic carboxylic acids is 1. The molecule has 0 radical (unpaired) electrons. The molecule has 1 aliphatic rings. The molecule has 0 aliphatic heterocycles. The molecule has 0 aromatic carbocycles. The first-order chi connectivity index (χ1) is 7.00. The van der Waals surface area contributed by atoms with Gasteiger partial charge in [0.1, 0.15) is 0 Å². The lowest BCUT2D eigenvalue weighted by molar-refractivity contribution is -0.136. The van der Waals surface area contributed by atoms with Crippen molar-refractivity contribution >= 4 is 23.6 Å². The monoisotopic (exact) mass is 231 g/mol. The molecule has 86 valence electrons. The van der Waals surface area contributed by atoms with Gasteiger partial charge in [-0.2, -0.15) is 0 Å². The van der Waals surface area contributed by atoms with Gasteiger partial charge in [-0.1, -0.05) is 0 Å². The third-order valence-electron chi connectivity index (χ3n) is 2.53. The molecule has 0 heterocycles. The van der Waals surface area contributed by atoms with Crippen LogP contribution in [0.25, 0.3) is 0 Å². The molecule has 1 rings (SSSR count). The van der Waals surface area contributed by atoms with Crippen LogP contribution in [-0.2, 0) is 9.59 Å². The van der Waals surface area contributed by atoms with E-state index in [4.69, 9.17) is 5.11 Å². The number of thioether (sulfide) groups is 1. The highest BCUT2D eigenvalue weighted by Gasteiger charge is 2.28. The fraction of sp³-hybridized carbons (Fsp3) is 0.800. The second-order valence-electron chi connectivity index (χ2n) is 3.99. The van der Waals surface area contributed by atoms with Gasteiger partial charge in [-0.3, -0.25) is 9.59 Å². The largest absolute Gasteiger partial charge is 0.480 e. The van der Waals surface area contributed by atoms with E-state index in [1.54, 1.807) is 6.92 Å². The highest BCUT2D eigenvalue weighted by molar-refractivity contribution is 8.01. The Kier molecular flexibility index (Phi) is 4.45. The third kappa shape index (κ3) is 4.55. The van der Waals surface area contributed by atoms with Crippen LogP contribution >= 0.6 is 11.8 Å². The number of carbonyl (C=O) groups is 2. The molecule has 1 saturated carbocycles. The van der Waals surface area contributed by atoms with Crippen molar-refractivity contribution in [1.82, 2.24) is 5.32 Å². The first kappa shape index (κ1) is 12.4. The van der Waals surface area contributed by atoms with Gasteiger partial charge in [-0.15, -0.1) is 11.8 Å². The third-order valence-corrected chi connectivity index (χ3v) is 3.66. The second kappa shape index (κ2) is 5.39. The lowest BCUT2D eigenvalue weighted by atomic mass is 10.2. The number of hydrogen-bond acceptors (Lipinski definition) is 3. The van der Waals surface area contributed by atoms with Crippen molar-refractivity contribution in [3.63, 3.8) is 0 Å². The maximum absolute atomic E-state index is 11.4. The molecule has 2 N–H and O–H groups in total. The Hall–Kier alpha value is -0.710. The van der Waals surface area contributed by atoms with Gasteiger partial charge in [0.15, 0.2) is 0 Å². The minimum atomic E-state index is -0.872. The van der Waals surface area contributed by atoms with Crippen LogP contribution in [0.1, 0.15) is 26.7 Å². The standard InChI is InChI=1S/C10H17NO3S/c1-6(8-3-4-8)11-9(12)5-15-7(2)10(13)14/h6-8H,3-5H2,1-2H3,(H,11,12)(H,13,14)/t6-,7-/m0/s1. The van der Waals surface area contributed by atoms with Crippen LogP contribution in [0.5, 0.6) is 0 Å². The number of rotatable bonds is 6. The van der Waals surface area contributed by atoms with Crippen LogP contribution in [0.4, 0.5) is 0 Å². The molecular weight excluding hydrogens is 214 g/mol. The highest BCUT2D eigenvalue weighted by atomic mass is 32.2. The van der Waals surface area contributed by atoms with Crippen LogP contribution < -0.4 is 5.32 Å². The second-order valence-corrected chi connectivity index (χ2v) is 5.31. The van der Waals surface area contributed by atoms with Crippen molar-refractivity contribution in [3.05, 3.63) is 0 Å². The first-order valence-electron chi connectivity index (χ1n) is 5.14. The summed E-state index contributed by atoms with van der Waals surface area (Å²) in [5.74, 6) is -0.0729. The van der Waals surface area contributed by atoms with E-state index in [0.29, 0.717) is 5.92 Å². The van der Waals surface area contributed by atoms with Gasteiger partial charge in [0.05, 0.1) is 11.0 Å². The molecule has 0 spiro atoms. The van der Waals surface area contributed by atoms with Gasteiger partial charge in [-0.25, -0.2) is 0 Å². The summed E-state index contributed by atoms with van der Waals surface area (Å²) >= 11 is 1.16. The minimum Gasteiger partial charge on any atom is -0.480 e. The zero-order chi connectivity index (χ0) is 11.4. The summed E-state index contributed by atoms with van der Waals surface area (Å²) in [6.07, 6.45) is 2.39. The van der Waals surface area contributed by atoms with Crippen molar-refractivity contribution in [2.45, 2.75) is 38.0 Å². The number of carboxylic acid groups (broad SMARTS) is 1. The Morgan fingerprint density at radius 1 is 1.47 bits per heavy atom. The van der Waals surface area contributed by atoms with Crippen LogP contribution in [0.15, 0.2) is 0 Å². The molecule has 1 fully saturated rings. The van der Waals surface area contributed by atoms with Crippen LogP contribution in [0, 0.1) is 5.92 Å². The molecule has 15 heavy (non-hydrogen) atoms. The summed E-state index contributed by atoms with van der Waals surface area (Å²) in [7, 11) is 0. The number of amides is 1. The van der Waals surface area contributed by atoms with Gasteiger partial charge in [0.2, 0.25) is 5.91 Å². The predicted octanol–water partition coefficient (Wildman–Crippen LogP) is 1.11. The molecule has 1 amide bonds. The Bertz CT molecular complexity index is 253. The van der Waals surface area contributed by atoms with Gasteiger partial charge >= 0.3 is 5.97 Å². The van der Waals surface area contributed by atoms with Gasteiger partial charge < -0.3 is 10.4 Å². The smallest absolute Gasteiger partial charge is 0.316 e. The molecule has 4 nitrogen and oxygen atoms in total. The molecule has 0 bridgehead atoms. The minimum absolute atomic E-state index is 0.0625. The van der Waals surface area contributed by atoms with Gasteiger partial charge in [0.25, 0.3) is 0 Å². The average molecular weight is 231 g/mol. The van der Waals surface area contributed by atoms with E-state index < -0.39 is 11.2 Å². The molecule has 0 saturated heterocycles. The van der Waals surface area contributed by atoms with E-state index in [1.807, 2.05) is 6.92 Å². The van der Waals surface area contributed by atoms with E-state index in [1.165, 1.54) is 12.8 Å². The van der Waals surface area contributed by atoms with E-state index in [-0.39, 0.29) is 17.7 Å². The van der Waals surface area contributed by atoms with Crippen molar-refractivity contribution in [2.75, 3.05) is 5.75 Å². The Morgan fingerprint density at radius 3 is 2.53 bits per heavy atom. The Labute approximate surface area is 93.8 Å². The number of hydrogen-bond donors (Lipinski definition) is 2. The average Bonchev–Trinajstić information content (AvgIpc) is 2.96. The maximum atomic E-state index is 11.4. The fourth-order valence-electron chi connectivity index (χ4n) is 1.28. The van der Waals surface area contributed by atoms with Crippen LogP contribution in [0.2, 0.25) is 0 Å². The zero-order valence-corrected chi connectivity index (χ0v) is 9.84. The van der Waals surface area contributed by atoms with E-state index in [9.17, 15) is 9.59 Å². The SMILES string of the molecule is C[C@H](SCC(=O)N[C@@H](C)C1CC1)C(=O)O. The Morgan fingerprint density at radius 2 is 2.07 bits per heavy atom. The quantitative estimate of drug-likeness (QED) is 0.718. The molecule has 0 aromatic heterocycles. The van der Waals surface area contributed by atoms with Crippen LogP contribution in [0.3, 0.4) is 0 Å². The summed E-state index contributed by atoms with van der Waals surface area (Å²) < 4.78 is 0.